The minimum atomic E-state index is -0.565. The van der Waals surface area contributed by atoms with Crippen LogP contribution in [0.5, 0.6) is 5.75 Å². The van der Waals surface area contributed by atoms with E-state index in [0.717, 1.165) is 19.6 Å². The van der Waals surface area contributed by atoms with Crippen molar-refractivity contribution in [1.29, 1.82) is 0 Å². The highest BCUT2D eigenvalue weighted by Crippen LogP contribution is 2.21. The second-order valence-electron chi connectivity index (χ2n) is 4.58. The van der Waals surface area contributed by atoms with Crippen molar-refractivity contribution in [3.63, 3.8) is 0 Å². The van der Waals surface area contributed by atoms with Gasteiger partial charge in [0.05, 0.1) is 6.61 Å². The Morgan fingerprint density at radius 2 is 2.35 bits per heavy atom. The topological polar surface area (TPSA) is 41.5 Å². The van der Waals surface area contributed by atoms with E-state index in [1.54, 1.807) is 12.1 Å². The molecule has 0 amide bonds. The highest BCUT2D eigenvalue weighted by Gasteiger charge is 2.21. The summed E-state index contributed by atoms with van der Waals surface area (Å²) < 4.78 is 18.5. The molecular formula is C13H18FNO2. The molecule has 2 rings (SSSR count). The number of halogens is 1. The molecule has 0 aliphatic carbocycles. The molecule has 0 bridgehead atoms. The predicted octanol–water partition coefficient (Wildman–Crippen LogP) is 2.05. The van der Waals surface area contributed by atoms with Crippen molar-refractivity contribution >= 4 is 0 Å². The first-order valence-electron chi connectivity index (χ1n) is 5.96. The van der Waals surface area contributed by atoms with Gasteiger partial charge in [0.2, 0.25) is 0 Å². The SMILES string of the molecule is CC1COCCC1NCc1cccc(F)c1O. The summed E-state index contributed by atoms with van der Waals surface area (Å²) in [5.41, 5.74) is 0.601. The van der Waals surface area contributed by atoms with Gasteiger partial charge in [-0.05, 0) is 18.4 Å². The molecule has 1 aliphatic heterocycles. The highest BCUT2D eigenvalue weighted by molar-refractivity contribution is 5.33. The summed E-state index contributed by atoms with van der Waals surface area (Å²) in [5.74, 6) is -0.372. The molecule has 94 valence electrons. The van der Waals surface area contributed by atoms with Gasteiger partial charge < -0.3 is 15.2 Å². The van der Waals surface area contributed by atoms with Crippen molar-refractivity contribution in [3.8, 4) is 5.75 Å². The monoisotopic (exact) mass is 239 g/mol. The summed E-state index contributed by atoms with van der Waals surface area (Å²) in [6, 6.07) is 4.97. The van der Waals surface area contributed by atoms with Crippen LogP contribution in [0.2, 0.25) is 0 Å². The summed E-state index contributed by atoms with van der Waals surface area (Å²) in [5, 5.41) is 12.9. The Morgan fingerprint density at radius 1 is 1.53 bits per heavy atom. The maximum atomic E-state index is 13.1. The van der Waals surface area contributed by atoms with Gasteiger partial charge in [-0.25, -0.2) is 4.39 Å². The van der Waals surface area contributed by atoms with Crippen LogP contribution in [-0.4, -0.2) is 24.4 Å². The second kappa shape index (κ2) is 5.47. The van der Waals surface area contributed by atoms with Crippen LogP contribution in [0.4, 0.5) is 4.39 Å². The molecule has 0 aromatic heterocycles. The van der Waals surface area contributed by atoms with E-state index in [0.29, 0.717) is 24.1 Å². The van der Waals surface area contributed by atoms with E-state index in [4.69, 9.17) is 4.74 Å². The van der Waals surface area contributed by atoms with E-state index >= 15 is 0 Å². The minimum Gasteiger partial charge on any atom is -0.505 e. The number of aromatic hydroxyl groups is 1. The lowest BCUT2D eigenvalue weighted by Gasteiger charge is -2.29. The number of ether oxygens (including phenoxy) is 1. The van der Waals surface area contributed by atoms with Crippen molar-refractivity contribution in [3.05, 3.63) is 29.6 Å². The zero-order valence-electron chi connectivity index (χ0n) is 9.95. The highest BCUT2D eigenvalue weighted by atomic mass is 19.1. The maximum Gasteiger partial charge on any atom is 0.165 e. The minimum absolute atomic E-state index is 0.250. The third-order valence-corrected chi connectivity index (χ3v) is 3.27. The van der Waals surface area contributed by atoms with Crippen LogP contribution in [0.25, 0.3) is 0 Å². The van der Waals surface area contributed by atoms with Gasteiger partial charge in [-0.15, -0.1) is 0 Å². The number of benzene rings is 1. The van der Waals surface area contributed by atoms with E-state index < -0.39 is 5.82 Å². The molecule has 3 nitrogen and oxygen atoms in total. The number of para-hydroxylation sites is 1. The molecule has 2 atom stereocenters. The van der Waals surface area contributed by atoms with Crippen LogP contribution >= 0.6 is 0 Å². The van der Waals surface area contributed by atoms with Gasteiger partial charge in [0.1, 0.15) is 0 Å². The number of rotatable bonds is 3. The fourth-order valence-corrected chi connectivity index (χ4v) is 2.13. The number of phenols is 1. The molecule has 2 N–H and O–H groups in total. The summed E-state index contributed by atoms with van der Waals surface area (Å²) >= 11 is 0. The third-order valence-electron chi connectivity index (χ3n) is 3.27. The quantitative estimate of drug-likeness (QED) is 0.848. The fraction of sp³-hybridized carbons (Fsp3) is 0.538. The molecule has 1 aliphatic rings. The van der Waals surface area contributed by atoms with E-state index in [-0.39, 0.29) is 5.75 Å². The normalized spacial score (nSPS) is 24.8. The van der Waals surface area contributed by atoms with Crippen molar-refractivity contribution < 1.29 is 14.2 Å². The Balaban J connectivity index is 1.95. The van der Waals surface area contributed by atoms with E-state index in [2.05, 4.69) is 12.2 Å². The zero-order chi connectivity index (χ0) is 12.3. The molecule has 0 radical (unpaired) electrons. The van der Waals surface area contributed by atoms with Gasteiger partial charge in [-0.2, -0.15) is 0 Å². The standard InChI is InChI=1S/C13H18FNO2/c1-9-8-17-6-5-12(9)15-7-10-3-2-4-11(14)13(10)16/h2-4,9,12,15-16H,5-8H2,1H3. The molecular weight excluding hydrogens is 221 g/mol. The number of hydrogen-bond donors (Lipinski definition) is 2. The average molecular weight is 239 g/mol. The molecule has 1 heterocycles. The number of phenolic OH excluding ortho intramolecular Hbond substituents is 1. The van der Waals surface area contributed by atoms with Gasteiger partial charge >= 0.3 is 0 Å². The molecule has 1 aromatic carbocycles. The van der Waals surface area contributed by atoms with Crippen LogP contribution in [0.15, 0.2) is 18.2 Å². The van der Waals surface area contributed by atoms with Crippen molar-refractivity contribution in [1.82, 2.24) is 5.32 Å². The smallest absolute Gasteiger partial charge is 0.165 e. The van der Waals surface area contributed by atoms with Crippen LogP contribution in [0.3, 0.4) is 0 Å². The molecule has 1 fully saturated rings. The molecule has 4 heteroatoms. The maximum absolute atomic E-state index is 13.1. The Hall–Kier alpha value is -1.13. The lowest BCUT2D eigenvalue weighted by atomic mass is 9.97. The molecule has 1 saturated heterocycles. The molecule has 0 spiro atoms. The summed E-state index contributed by atoms with van der Waals surface area (Å²) in [4.78, 5) is 0. The van der Waals surface area contributed by atoms with Crippen molar-refractivity contribution in [2.45, 2.75) is 25.9 Å². The summed E-state index contributed by atoms with van der Waals surface area (Å²) in [6.07, 6.45) is 0.956. The molecule has 1 aromatic rings. The third kappa shape index (κ3) is 2.96. The first kappa shape index (κ1) is 12.3. The van der Waals surface area contributed by atoms with Crippen LogP contribution in [0.1, 0.15) is 18.9 Å². The molecule has 0 saturated carbocycles. The van der Waals surface area contributed by atoms with Crippen LogP contribution in [-0.2, 0) is 11.3 Å². The largest absolute Gasteiger partial charge is 0.505 e. The van der Waals surface area contributed by atoms with Gasteiger partial charge in [-0.3, -0.25) is 0 Å². The Bertz CT molecular complexity index is 384. The lowest BCUT2D eigenvalue weighted by Crippen LogP contribution is -2.41. The fourth-order valence-electron chi connectivity index (χ4n) is 2.13. The van der Waals surface area contributed by atoms with Crippen LogP contribution in [0, 0.1) is 11.7 Å². The Morgan fingerprint density at radius 3 is 3.12 bits per heavy atom. The Labute approximate surface area is 101 Å². The van der Waals surface area contributed by atoms with Gasteiger partial charge in [0.15, 0.2) is 11.6 Å². The van der Waals surface area contributed by atoms with Gasteiger partial charge in [-0.1, -0.05) is 19.1 Å². The Kier molecular flexibility index (Phi) is 3.97. The summed E-state index contributed by atoms with van der Waals surface area (Å²) in [7, 11) is 0. The van der Waals surface area contributed by atoms with Crippen LogP contribution < -0.4 is 5.32 Å². The van der Waals surface area contributed by atoms with E-state index in [1.165, 1.54) is 6.07 Å². The van der Waals surface area contributed by atoms with Gasteiger partial charge in [0.25, 0.3) is 0 Å². The number of nitrogens with one attached hydrogen (secondary N) is 1. The van der Waals surface area contributed by atoms with E-state index in [1.807, 2.05) is 0 Å². The first-order valence-corrected chi connectivity index (χ1v) is 5.96. The van der Waals surface area contributed by atoms with E-state index in [9.17, 15) is 9.50 Å². The lowest BCUT2D eigenvalue weighted by molar-refractivity contribution is 0.0386. The van der Waals surface area contributed by atoms with Crippen molar-refractivity contribution in [2.24, 2.45) is 5.92 Å². The predicted molar refractivity (Wildman–Crippen MR) is 63.3 cm³/mol. The second-order valence-corrected chi connectivity index (χ2v) is 4.58. The zero-order valence-corrected chi connectivity index (χ0v) is 9.95. The first-order chi connectivity index (χ1) is 8.18. The van der Waals surface area contributed by atoms with Crippen molar-refractivity contribution in [2.75, 3.05) is 13.2 Å². The van der Waals surface area contributed by atoms with Gasteiger partial charge in [0, 0.05) is 24.8 Å². The summed E-state index contributed by atoms with van der Waals surface area (Å²) in [6.45, 7) is 4.13. The number of hydrogen-bond acceptors (Lipinski definition) is 3. The average Bonchev–Trinajstić information content (AvgIpc) is 2.33. The molecule has 17 heavy (non-hydrogen) atoms. The molecule has 2 unspecified atom stereocenters.